The quantitative estimate of drug-likeness (QED) is 0.527. The van der Waals surface area contributed by atoms with Gasteiger partial charge >= 0.3 is 8.80 Å². The molecular formula is C12H30N2O3Si. The van der Waals surface area contributed by atoms with Crippen molar-refractivity contribution in [3.05, 3.63) is 0 Å². The van der Waals surface area contributed by atoms with Crippen molar-refractivity contribution < 1.29 is 13.3 Å². The van der Waals surface area contributed by atoms with Gasteiger partial charge in [0.05, 0.1) is 5.67 Å². The summed E-state index contributed by atoms with van der Waals surface area (Å²) in [6.07, 6.45) is 2.04. The van der Waals surface area contributed by atoms with E-state index in [-0.39, 0.29) is 5.67 Å². The summed E-state index contributed by atoms with van der Waals surface area (Å²) < 4.78 is 17.7. The fraction of sp³-hybridized carbons (Fsp3) is 1.00. The van der Waals surface area contributed by atoms with Crippen LogP contribution >= 0.6 is 0 Å². The molecule has 6 heteroatoms. The first kappa shape index (κ1) is 18.0. The van der Waals surface area contributed by atoms with Gasteiger partial charge in [-0.1, -0.05) is 13.3 Å². The Morgan fingerprint density at radius 2 is 1.50 bits per heavy atom. The first-order chi connectivity index (χ1) is 8.70. The van der Waals surface area contributed by atoms with Crippen LogP contribution in [0.3, 0.4) is 0 Å². The Labute approximate surface area is 113 Å². The highest BCUT2D eigenvalue weighted by atomic mass is 28.4. The molecule has 0 aromatic rings. The highest BCUT2D eigenvalue weighted by Crippen LogP contribution is 2.19. The lowest BCUT2D eigenvalue weighted by Crippen LogP contribution is -2.62. The predicted molar refractivity (Wildman–Crippen MR) is 76.4 cm³/mol. The van der Waals surface area contributed by atoms with Gasteiger partial charge in [-0.25, -0.2) is 0 Å². The largest absolute Gasteiger partial charge is 0.518 e. The summed E-state index contributed by atoms with van der Waals surface area (Å²) in [6, 6.07) is 0. The molecule has 0 rings (SSSR count). The van der Waals surface area contributed by atoms with Crippen LogP contribution in [-0.2, 0) is 13.3 Å². The standard InChI is InChI=1S/C12H30N2O3Si/c1-5-9-12(14-11-10-13)18(15-6-2,16-7-3)17-8-4/h12,14H,5-11,13H2,1-4H3. The number of hydrogen-bond acceptors (Lipinski definition) is 5. The van der Waals surface area contributed by atoms with E-state index in [4.69, 9.17) is 19.0 Å². The van der Waals surface area contributed by atoms with Crippen molar-refractivity contribution in [3.63, 3.8) is 0 Å². The molecule has 0 aliphatic carbocycles. The minimum Gasteiger partial charge on any atom is -0.373 e. The van der Waals surface area contributed by atoms with E-state index in [2.05, 4.69) is 12.2 Å². The second kappa shape index (κ2) is 10.9. The molecule has 0 saturated heterocycles. The molecule has 1 unspecified atom stereocenters. The van der Waals surface area contributed by atoms with Crippen LogP contribution in [-0.4, -0.2) is 47.4 Å². The Balaban J connectivity index is 4.88. The van der Waals surface area contributed by atoms with E-state index in [1.165, 1.54) is 0 Å². The highest BCUT2D eigenvalue weighted by molar-refractivity contribution is 6.62. The lowest BCUT2D eigenvalue weighted by atomic mass is 10.3. The van der Waals surface area contributed by atoms with Gasteiger partial charge in [-0.3, -0.25) is 0 Å². The third kappa shape index (κ3) is 5.77. The average molecular weight is 278 g/mol. The van der Waals surface area contributed by atoms with E-state index in [1.807, 2.05) is 20.8 Å². The van der Waals surface area contributed by atoms with Crippen molar-refractivity contribution in [1.29, 1.82) is 0 Å². The molecule has 18 heavy (non-hydrogen) atoms. The van der Waals surface area contributed by atoms with Crippen LogP contribution in [0.5, 0.6) is 0 Å². The summed E-state index contributed by atoms with van der Waals surface area (Å²) in [5.41, 5.74) is 5.70. The summed E-state index contributed by atoms with van der Waals surface area (Å²) in [6.45, 7) is 11.3. The maximum atomic E-state index is 5.91. The normalized spacial score (nSPS) is 13.8. The van der Waals surface area contributed by atoms with Crippen LogP contribution in [0.15, 0.2) is 0 Å². The molecule has 3 N–H and O–H groups in total. The summed E-state index contributed by atoms with van der Waals surface area (Å²) >= 11 is 0. The van der Waals surface area contributed by atoms with Crippen LogP contribution in [0.4, 0.5) is 0 Å². The zero-order valence-corrected chi connectivity index (χ0v) is 13.3. The number of hydrogen-bond donors (Lipinski definition) is 2. The van der Waals surface area contributed by atoms with Crippen LogP contribution in [0, 0.1) is 0 Å². The molecule has 0 aliphatic rings. The van der Waals surface area contributed by atoms with Crippen LogP contribution in [0.25, 0.3) is 0 Å². The summed E-state index contributed by atoms with van der Waals surface area (Å²) in [5, 5.41) is 3.43. The SMILES string of the molecule is CCCC(NCCN)[Si](OCC)(OCC)OCC. The van der Waals surface area contributed by atoms with Crippen LogP contribution < -0.4 is 11.1 Å². The molecule has 110 valence electrons. The molecule has 5 nitrogen and oxygen atoms in total. The van der Waals surface area contributed by atoms with Crippen molar-refractivity contribution in [2.75, 3.05) is 32.9 Å². The van der Waals surface area contributed by atoms with Crippen molar-refractivity contribution in [2.24, 2.45) is 5.73 Å². The fourth-order valence-electron chi connectivity index (χ4n) is 1.98. The van der Waals surface area contributed by atoms with Gasteiger partial charge in [0.1, 0.15) is 0 Å². The molecule has 0 radical (unpaired) electrons. The third-order valence-corrected chi connectivity index (χ3v) is 6.00. The van der Waals surface area contributed by atoms with E-state index in [1.54, 1.807) is 0 Å². The van der Waals surface area contributed by atoms with Crippen molar-refractivity contribution in [2.45, 2.75) is 46.2 Å². The van der Waals surface area contributed by atoms with Crippen molar-refractivity contribution in [3.8, 4) is 0 Å². The maximum Gasteiger partial charge on any atom is 0.518 e. The number of nitrogens with one attached hydrogen (secondary N) is 1. The first-order valence-corrected chi connectivity index (χ1v) is 8.86. The van der Waals surface area contributed by atoms with Gasteiger partial charge in [0.25, 0.3) is 0 Å². The minimum atomic E-state index is -2.65. The van der Waals surface area contributed by atoms with E-state index in [0.717, 1.165) is 19.4 Å². The monoisotopic (exact) mass is 278 g/mol. The smallest absolute Gasteiger partial charge is 0.373 e. The molecule has 0 aromatic carbocycles. The Bertz CT molecular complexity index is 179. The first-order valence-electron chi connectivity index (χ1n) is 7.05. The fourth-order valence-corrected chi connectivity index (χ4v) is 5.08. The zero-order valence-electron chi connectivity index (χ0n) is 12.3. The molecule has 0 fully saturated rings. The van der Waals surface area contributed by atoms with Gasteiger partial charge < -0.3 is 24.3 Å². The average Bonchev–Trinajstić information content (AvgIpc) is 2.35. The highest BCUT2D eigenvalue weighted by Gasteiger charge is 2.48. The summed E-state index contributed by atoms with van der Waals surface area (Å²) in [5.74, 6) is 0. The Morgan fingerprint density at radius 3 is 1.83 bits per heavy atom. The Morgan fingerprint density at radius 1 is 1.00 bits per heavy atom. The molecule has 1 atom stereocenters. The minimum absolute atomic E-state index is 0.130. The van der Waals surface area contributed by atoms with E-state index in [0.29, 0.717) is 26.4 Å². The molecule has 0 heterocycles. The topological polar surface area (TPSA) is 65.7 Å². The zero-order chi connectivity index (χ0) is 13.9. The van der Waals surface area contributed by atoms with Crippen LogP contribution in [0.1, 0.15) is 40.5 Å². The lowest BCUT2D eigenvalue weighted by molar-refractivity contribution is 0.0568. The van der Waals surface area contributed by atoms with Crippen molar-refractivity contribution in [1.82, 2.24) is 5.32 Å². The molecule has 0 aliphatic heterocycles. The van der Waals surface area contributed by atoms with E-state index < -0.39 is 8.80 Å². The van der Waals surface area contributed by atoms with E-state index in [9.17, 15) is 0 Å². The third-order valence-electron chi connectivity index (χ3n) is 2.58. The number of rotatable bonds is 12. The molecule has 0 saturated carbocycles. The van der Waals surface area contributed by atoms with Gasteiger partial charge in [-0.2, -0.15) is 0 Å². The second-order valence-corrected chi connectivity index (χ2v) is 6.76. The number of nitrogens with two attached hydrogens (primary N) is 1. The molecule has 0 amide bonds. The van der Waals surface area contributed by atoms with Gasteiger partial charge in [0.15, 0.2) is 0 Å². The van der Waals surface area contributed by atoms with Gasteiger partial charge in [0, 0.05) is 32.9 Å². The summed E-state index contributed by atoms with van der Waals surface area (Å²) in [7, 11) is -2.65. The van der Waals surface area contributed by atoms with Gasteiger partial charge in [-0.05, 0) is 27.2 Å². The van der Waals surface area contributed by atoms with Gasteiger partial charge in [-0.15, -0.1) is 0 Å². The maximum absolute atomic E-state index is 5.91. The lowest BCUT2D eigenvalue weighted by Gasteiger charge is -2.35. The van der Waals surface area contributed by atoms with Gasteiger partial charge in [0.2, 0.25) is 0 Å². The summed E-state index contributed by atoms with van der Waals surface area (Å²) in [4.78, 5) is 0. The molecule has 0 aromatic heterocycles. The second-order valence-electron chi connectivity index (χ2n) is 3.99. The van der Waals surface area contributed by atoms with E-state index >= 15 is 0 Å². The molecular weight excluding hydrogens is 248 g/mol. The van der Waals surface area contributed by atoms with Crippen LogP contribution in [0.2, 0.25) is 0 Å². The Kier molecular flexibility index (Phi) is 10.9. The molecule has 0 spiro atoms. The van der Waals surface area contributed by atoms with Crippen molar-refractivity contribution >= 4 is 8.80 Å². The predicted octanol–water partition coefficient (Wildman–Crippen LogP) is 1.29. The molecule has 0 bridgehead atoms. The Hall–Kier alpha value is 0.0169.